The predicted molar refractivity (Wildman–Crippen MR) is 104 cm³/mol. The average Bonchev–Trinajstić information content (AvgIpc) is 3.15. The number of hydrogen-bond acceptors (Lipinski definition) is 5. The Hall–Kier alpha value is -2.11. The van der Waals surface area contributed by atoms with Crippen LogP contribution < -0.4 is 14.8 Å². The zero-order valence-corrected chi connectivity index (χ0v) is 15.8. The molecule has 3 rings (SSSR count). The van der Waals surface area contributed by atoms with Crippen molar-refractivity contribution in [3.63, 3.8) is 0 Å². The Morgan fingerprint density at radius 3 is 2.96 bits per heavy atom. The molecule has 5 nitrogen and oxygen atoms in total. The van der Waals surface area contributed by atoms with Gasteiger partial charge in [-0.25, -0.2) is 0 Å². The molecule has 1 N–H and O–H groups in total. The number of benzene rings is 1. The van der Waals surface area contributed by atoms with E-state index in [4.69, 9.17) is 9.47 Å². The molecule has 2 aromatic rings. The molecule has 1 aliphatic heterocycles. The van der Waals surface area contributed by atoms with Gasteiger partial charge < -0.3 is 14.8 Å². The molecular weight excluding hydrogens is 326 g/mol. The number of nitrogens with zero attached hydrogens (tertiary/aromatic N) is 2. The quantitative estimate of drug-likeness (QED) is 0.748. The molecule has 0 amide bonds. The standard InChI is InChI=1S/C21H29N3O2/c1-3-24-12-6-8-19(24)15-22-14-17-13-20(25-2)9-10-21(17)26-16-18-7-4-5-11-23-18/h4-5,7,9-11,13,19,22H,3,6,8,12,14-16H2,1-2H3. The second-order valence-electron chi connectivity index (χ2n) is 6.64. The fourth-order valence-electron chi connectivity index (χ4n) is 3.51. The first-order chi connectivity index (χ1) is 12.8. The highest BCUT2D eigenvalue weighted by atomic mass is 16.5. The number of methoxy groups -OCH3 is 1. The SMILES string of the molecule is CCN1CCCC1CNCc1cc(OC)ccc1OCc1ccccn1. The molecule has 1 aromatic carbocycles. The molecule has 0 aliphatic carbocycles. The van der Waals surface area contributed by atoms with Gasteiger partial charge in [0.1, 0.15) is 18.1 Å². The lowest BCUT2D eigenvalue weighted by Crippen LogP contribution is -2.37. The highest BCUT2D eigenvalue weighted by Gasteiger charge is 2.22. The Kier molecular flexibility index (Phi) is 6.86. The Morgan fingerprint density at radius 1 is 1.27 bits per heavy atom. The molecule has 0 bridgehead atoms. The van der Waals surface area contributed by atoms with Crippen LogP contribution >= 0.6 is 0 Å². The molecule has 1 saturated heterocycles. The third-order valence-electron chi connectivity index (χ3n) is 4.97. The fourth-order valence-corrected chi connectivity index (χ4v) is 3.51. The van der Waals surface area contributed by atoms with Crippen LogP contribution in [0.15, 0.2) is 42.6 Å². The van der Waals surface area contributed by atoms with Gasteiger partial charge in [-0.2, -0.15) is 0 Å². The van der Waals surface area contributed by atoms with Gasteiger partial charge in [-0.05, 0) is 56.3 Å². The number of ether oxygens (including phenoxy) is 2. The van der Waals surface area contributed by atoms with Crippen LogP contribution in [0.25, 0.3) is 0 Å². The number of hydrogen-bond donors (Lipinski definition) is 1. The molecular formula is C21H29N3O2. The lowest BCUT2D eigenvalue weighted by Gasteiger charge is -2.23. The van der Waals surface area contributed by atoms with Crippen molar-refractivity contribution < 1.29 is 9.47 Å². The molecule has 1 unspecified atom stereocenters. The summed E-state index contributed by atoms with van der Waals surface area (Å²) in [6.45, 7) is 6.83. The lowest BCUT2D eigenvalue weighted by atomic mass is 10.1. The summed E-state index contributed by atoms with van der Waals surface area (Å²) in [5, 5.41) is 3.60. The zero-order valence-electron chi connectivity index (χ0n) is 15.8. The van der Waals surface area contributed by atoms with Crippen LogP contribution in [0.4, 0.5) is 0 Å². The third-order valence-corrected chi connectivity index (χ3v) is 4.97. The monoisotopic (exact) mass is 355 g/mol. The van der Waals surface area contributed by atoms with Crippen LogP contribution in [0.2, 0.25) is 0 Å². The first kappa shape index (κ1) is 18.7. The average molecular weight is 355 g/mol. The minimum Gasteiger partial charge on any atom is -0.497 e. The molecule has 140 valence electrons. The lowest BCUT2D eigenvalue weighted by molar-refractivity contribution is 0.258. The largest absolute Gasteiger partial charge is 0.497 e. The maximum absolute atomic E-state index is 6.02. The van der Waals surface area contributed by atoms with Gasteiger partial charge in [0.25, 0.3) is 0 Å². The van der Waals surface area contributed by atoms with Gasteiger partial charge >= 0.3 is 0 Å². The number of likely N-dealkylation sites (tertiary alicyclic amines) is 1. The van der Waals surface area contributed by atoms with Crippen LogP contribution in [-0.4, -0.2) is 42.7 Å². The highest BCUT2D eigenvalue weighted by molar-refractivity contribution is 5.40. The number of likely N-dealkylation sites (N-methyl/N-ethyl adjacent to an activating group) is 1. The van der Waals surface area contributed by atoms with Crippen LogP contribution in [0.5, 0.6) is 11.5 Å². The minimum atomic E-state index is 0.465. The van der Waals surface area contributed by atoms with E-state index >= 15 is 0 Å². The normalized spacial score (nSPS) is 17.4. The Morgan fingerprint density at radius 2 is 2.19 bits per heavy atom. The van der Waals surface area contributed by atoms with Gasteiger partial charge in [-0.1, -0.05) is 13.0 Å². The summed E-state index contributed by atoms with van der Waals surface area (Å²) in [6, 6.07) is 12.5. The van der Waals surface area contributed by atoms with E-state index < -0.39 is 0 Å². The van der Waals surface area contributed by atoms with Crippen molar-refractivity contribution in [2.75, 3.05) is 26.7 Å². The van der Waals surface area contributed by atoms with Gasteiger partial charge in [-0.3, -0.25) is 9.88 Å². The molecule has 0 radical (unpaired) electrons. The summed E-state index contributed by atoms with van der Waals surface area (Å²) in [5.41, 5.74) is 2.04. The van der Waals surface area contributed by atoms with E-state index in [1.807, 2.05) is 36.4 Å². The van der Waals surface area contributed by atoms with E-state index in [1.165, 1.54) is 19.4 Å². The number of nitrogens with one attached hydrogen (secondary N) is 1. The van der Waals surface area contributed by atoms with Crippen LogP contribution in [0.1, 0.15) is 31.0 Å². The van der Waals surface area contributed by atoms with E-state index in [0.29, 0.717) is 12.6 Å². The van der Waals surface area contributed by atoms with Crippen molar-refractivity contribution in [1.82, 2.24) is 15.2 Å². The second kappa shape index (κ2) is 9.55. The molecule has 5 heteroatoms. The summed E-state index contributed by atoms with van der Waals surface area (Å²) in [5.74, 6) is 1.73. The van der Waals surface area contributed by atoms with E-state index in [-0.39, 0.29) is 0 Å². The van der Waals surface area contributed by atoms with Crippen molar-refractivity contribution in [2.24, 2.45) is 0 Å². The highest BCUT2D eigenvalue weighted by Crippen LogP contribution is 2.25. The Labute approximate surface area is 156 Å². The van der Waals surface area contributed by atoms with Gasteiger partial charge in [0.05, 0.1) is 12.8 Å². The van der Waals surface area contributed by atoms with Crippen molar-refractivity contribution in [1.29, 1.82) is 0 Å². The fraction of sp³-hybridized carbons (Fsp3) is 0.476. The van der Waals surface area contributed by atoms with Crippen molar-refractivity contribution in [3.05, 3.63) is 53.9 Å². The maximum Gasteiger partial charge on any atom is 0.130 e. The van der Waals surface area contributed by atoms with E-state index in [1.54, 1.807) is 13.3 Å². The number of pyridine rings is 1. The molecule has 2 heterocycles. The molecule has 1 atom stereocenters. The van der Waals surface area contributed by atoms with Crippen LogP contribution in [0.3, 0.4) is 0 Å². The molecule has 1 fully saturated rings. The third kappa shape index (κ3) is 4.96. The topological polar surface area (TPSA) is 46.6 Å². The Balaban J connectivity index is 1.60. The van der Waals surface area contributed by atoms with Gasteiger partial charge in [0.2, 0.25) is 0 Å². The first-order valence-corrected chi connectivity index (χ1v) is 9.44. The predicted octanol–water partition coefficient (Wildman–Crippen LogP) is 3.24. The van der Waals surface area contributed by atoms with Gasteiger partial charge in [0, 0.05) is 30.9 Å². The Bertz CT molecular complexity index is 678. The van der Waals surface area contributed by atoms with Crippen molar-refractivity contribution in [2.45, 2.75) is 39.0 Å². The van der Waals surface area contributed by atoms with Crippen molar-refractivity contribution in [3.8, 4) is 11.5 Å². The molecule has 1 aromatic heterocycles. The van der Waals surface area contributed by atoms with Crippen LogP contribution in [-0.2, 0) is 13.2 Å². The molecule has 0 spiro atoms. The smallest absolute Gasteiger partial charge is 0.130 e. The second-order valence-corrected chi connectivity index (χ2v) is 6.64. The van der Waals surface area contributed by atoms with E-state index in [9.17, 15) is 0 Å². The van der Waals surface area contributed by atoms with Gasteiger partial charge in [-0.15, -0.1) is 0 Å². The van der Waals surface area contributed by atoms with Crippen LogP contribution in [0, 0.1) is 0 Å². The summed E-state index contributed by atoms with van der Waals surface area (Å²) < 4.78 is 11.4. The summed E-state index contributed by atoms with van der Waals surface area (Å²) >= 11 is 0. The van der Waals surface area contributed by atoms with E-state index in [0.717, 1.165) is 42.4 Å². The molecule has 1 aliphatic rings. The van der Waals surface area contributed by atoms with Gasteiger partial charge in [0.15, 0.2) is 0 Å². The summed E-state index contributed by atoms with van der Waals surface area (Å²) in [7, 11) is 1.69. The molecule has 0 saturated carbocycles. The maximum atomic E-state index is 6.02. The number of rotatable bonds is 9. The number of aromatic nitrogens is 1. The minimum absolute atomic E-state index is 0.465. The summed E-state index contributed by atoms with van der Waals surface area (Å²) in [6.07, 6.45) is 4.37. The van der Waals surface area contributed by atoms with E-state index in [2.05, 4.69) is 22.1 Å². The zero-order chi connectivity index (χ0) is 18.2. The first-order valence-electron chi connectivity index (χ1n) is 9.44. The van der Waals surface area contributed by atoms with Crippen molar-refractivity contribution >= 4 is 0 Å². The molecule has 26 heavy (non-hydrogen) atoms. The summed E-state index contributed by atoms with van der Waals surface area (Å²) in [4.78, 5) is 6.87.